The van der Waals surface area contributed by atoms with E-state index in [0.29, 0.717) is 22.5 Å². The first kappa shape index (κ1) is 31.2. The quantitative estimate of drug-likeness (QED) is 0.259. The number of nitrogens with one attached hydrogen (secondary N) is 1. The van der Waals surface area contributed by atoms with Crippen molar-refractivity contribution in [3.63, 3.8) is 0 Å². The highest BCUT2D eigenvalue weighted by Crippen LogP contribution is 2.28. The fourth-order valence-electron chi connectivity index (χ4n) is 4.28. The molecule has 0 spiro atoms. The van der Waals surface area contributed by atoms with Crippen LogP contribution in [0.3, 0.4) is 0 Å². The first-order valence-electron chi connectivity index (χ1n) is 13.1. The molecule has 0 aliphatic carbocycles. The number of carbonyl (C=O) groups is 2. The second-order valence-electron chi connectivity index (χ2n) is 9.44. The Morgan fingerprint density at radius 3 is 2.30 bits per heavy atom. The third kappa shape index (κ3) is 8.82. The van der Waals surface area contributed by atoms with E-state index < -0.39 is 28.5 Å². The molecule has 3 aromatic rings. The minimum absolute atomic E-state index is 0.0856. The van der Waals surface area contributed by atoms with Crippen LogP contribution in [0.4, 0.5) is 5.69 Å². The number of ether oxygens (including phenoxy) is 1. The van der Waals surface area contributed by atoms with Crippen molar-refractivity contribution in [2.75, 3.05) is 30.8 Å². The maximum atomic E-state index is 14.1. The van der Waals surface area contributed by atoms with Crippen molar-refractivity contribution in [2.24, 2.45) is 0 Å². The maximum absolute atomic E-state index is 14.1. The highest BCUT2D eigenvalue weighted by Gasteiger charge is 2.33. The zero-order valence-electron chi connectivity index (χ0n) is 23.0. The molecule has 0 aliphatic rings. The van der Waals surface area contributed by atoms with Gasteiger partial charge in [0.15, 0.2) is 0 Å². The van der Waals surface area contributed by atoms with Crippen LogP contribution in [0.1, 0.15) is 30.9 Å². The normalized spacial score (nSPS) is 11.9. The van der Waals surface area contributed by atoms with Gasteiger partial charge in [-0.1, -0.05) is 67.9 Å². The number of amides is 2. The molecule has 1 atom stereocenters. The van der Waals surface area contributed by atoms with E-state index in [1.807, 2.05) is 49.4 Å². The van der Waals surface area contributed by atoms with Crippen LogP contribution in [0.15, 0.2) is 83.3 Å². The van der Waals surface area contributed by atoms with Crippen molar-refractivity contribution >= 4 is 43.5 Å². The second kappa shape index (κ2) is 14.9. The molecule has 0 aliphatic heterocycles. The lowest BCUT2D eigenvalue weighted by Crippen LogP contribution is -2.53. The van der Waals surface area contributed by atoms with Gasteiger partial charge in [-0.15, -0.1) is 0 Å². The number of para-hydroxylation sites is 1. The van der Waals surface area contributed by atoms with Gasteiger partial charge in [0, 0.05) is 24.0 Å². The van der Waals surface area contributed by atoms with E-state index in [1.165, 1.54) is 4.90 Å². The fourth-order valence-corrected chi connectivity index (χ4v) is 5.75. The largest absolute Gasteiger partial charge is 0.497 e. The van der Waals surface area contributed by atoms with Crippen LogP contribution in [-0.2, 0) is 32.6 Å². The van der Waals surface area contributed by atoms with E-state index in [1.54, 1.807) is 43.5 Å². The molecule has 3 rings (SSSR count). The molecule has 2 amide bonds. The van der Waals surface area contributed by atoms with Gasteiger partial charge < -0.3 is 15.0 Å². The number of methoxy groups -OCH3 is 1. The monoisotopic (exact) mass is 629 g/mol. The molecule has 8 nitrogen and oxygen atoms in total. The lowest BCUT2D eigenvalue weighted by molar-refractivity contribution is -0.140. The van der Waals surface area contributed by atoms with Gasteiger partial charge in [0.05, 0.1) is 19.1 Å². The number of nitrogens with zero attached hydrogens (tertiary/aromatic N) is 2. The smallest absolute Gasteiger partial charge is 0.244 e. The molecule has 3 aromatic carbocycles. The molecule has 0 unspecified atom stereocenters. The van der Waals surface area contributed by atoms with Crippen LogP contribution < -0.4 is 14.4 Å². The molecular formula is C30H36BrN3O5S. The van der Waals surface area contributed by atoms with E-state index in [-0.39, 0.29) is 18.9 Å². The van der Waals surface area contributed by atoms with Gasteiger partial charge >= 0.3 is 0 Å². The Labute approximate surface area is 245 Å². The van der Waals surface area contributed by atoms with Crippen molar-refractivity contribution in [1.82, 2.24) is 10.2 Å². The van der Waals surface area contributed by atoms with Crippen molar-refractivity contribution in [3.8, 4) is 5.75 Å². The molecule has 40 heavy (non-hydrogen) atoms. The molecule has 0 aromatic heterocycles. The summed E-state index contributed by atoms with van der Waals surface area (Å²) >= 11 is 3.41. The predicted octanol–water partition coefficient (Wildman–Crippen LogP) is 4.78. The lowest BCUT2D eigenvalue weighted by atomic mass is 10.0. The van der Waals surface area contributed by atoms with Crippen LogP contribution in [0.5, 0.6) is 5.75 Å². The Kier molecular flexibility index (Phi) is 11.6. The molecule has 0 saturated carbocycles. The third-order valence-electron chi connectivity index (χ3n) is 6.39. The summed E-state index contributed by atoms with van der Waals surface area (Å²) in [7, 11) is -2.28. The minimum atomic E-state index is -3.84. The Morgan fingerprint density at radius 1 is 0.975 bits per heavy atom. The van der Waals surface area contributed by atoms with Gasteiger partial charge in [-0.3, -0.25) is 13.9 Å². The minimum Gasteiger partial charge on any atom is -0.497 e. The first-order chi connectivity index (χ1) is 19.1. The molecule has 0 radical (unpaired) electrons. The summed E-state index contributed by atoms with van der Waals surface area (Å²) in [6.07, 6.45) is 3.04. The van der Waals surface area contributed by atoms with Gasteiger partial charge in [-0.2, -0.15) is 0 Å². The summed E-state index contributed by atoms with van der Waals surface area (Å²) in [5.74, 6) is -0.182. The topological polar surface area (TPSA) is 96.0 Å². The van der Waals surface area contributed by atoms with Gasteiger partial charge in [0.25, 0.3) is 0 Å². The number of benzene rings is 3. The molecule has 0 bridgehead atoms. The zero-order chi connectivity index (χ0) is 29.1. The Bertz CT molecular complexity index is 1380. The average Bonchev–Trinajstić information content (AvgIpc) is 2.94. The zero-order valence-corrected chi connectivity index (χ0v) is 25.4. The van der Waals surface area contributed by atoms with Crippen molar-refractivity contribution in [2.45, 2.75) is 38.8 Å². The van der Waals surface area contributed by atoms with Crippen LogP contribution in [-0.4, -0.2) is 57.6 Å². The van der Waals surface area contributed by atoms with Gasteiger partial charge in [0.1, 0.15) is 18.3 Å². The standard InChI is InChI=1S/C30H36BrN3O5S/c1-4-5-18-32-30(36)28(20-23-12-7-6-8-13-23)33(21-24-14-11-15-25(19-24)39-2)29(35)22-34(40(3,37)38)27-17-10-9-16-26(27)31/h6-17,19,28H,4-5,18,20-22H2,1-3H3,(H,32,36)/t28-/m0/s1. The number of rotatable bonds is 14. The summed E-state index contributed by atoms with van der Waals surface area (Å²) < 4.78 is 32.7. The molecule has 0 saturated heterocycles. The summed E-state index contributed by atoms with van der Waals surface area (Å²) in [5, 5.41) is 2.98. The number of halogens is 1. The number of anilines is 1. The van der Waals surface area contributed by atoms with Crippen LogP contribution in [0.25, 0.3) is 0 Å². The lowest BCUT2D eigenvalue weighted by Gasteiger charge is -2.33. The van der Waals surface area contributed by atoms with E-state index in [0.717, 1.165) is 34.5 Å². The van der Waals surface area contributed by atoms with Crippen LogP contribution >= 0.6 is 15.9 Å². The van der Waals surface area contributed by atoms with Gasteiger partial charge in [-0.05, 0) is 57.7 Å². The van der Waals surface area contributed by atoms with Crippen LogP contribution in [0.2, 0.25) is 0 Å². The highest BCUT2D eigenvalue weighted by atomic mass is 79.9. The second-order valence-corrected chi connectivity index (χ2v) is 12.2. The van der Waals surface area contributed by atoms with Gasteiger partial charge in [0.2, 0.25) is 21.8 Å². The molecular weight excluding hydrogens is 594 g/mol. The number of unbranched alkanes of at least 4 members (excludes halogenated alkanes) is 1. The SMILES string of the molecule is CCCCNC(=O)[C@H](Cc1ccccc1)N(Cc1cccc(OC)c1)C(=O)CN(c1ccccc1Br)S(C)(=O)=O. The van der Waals surface area contributed by atoms with E-state index >= 15 is 0 Å². The molecule has 0 fully saturated rings. The van der Waals surface area contributed by atoms with Crippen molar-refractivity contribution in [3.05, 3.63) is 94.5 Å². The average molecular weight is 631 g/mol. The summed E-state index contributed by atoms with van der Waals surface area (Å²) in [6, 6.07) is 22.7. The van der Waals surface area contributed by atoms with E-state index in [2.05, 4.69) is 21.2 Å². The van der Waals surface area contributed by atoms with E-state index in [9.17, 15) is 18.0 Å². The molecule has 214 valence electrons. The highest BCUT2D eigenvalue weighted by molar-refractivity contribution is 9.10. The van der Waals surface area contributed by atoms with E-state index in [4.69, 9.17) is 4.74 Å². The molecule has 0 heterocycles. The predicted molar refractivity (Wildman–Crippen MR) is 162 cm³/mol. The third-order valence-corrected chi connectivity index (χ3v) is 8.19. The maximum Gasteiger partial charge on any atom is 0.244 e. The van der Waals surface area contributed by atoms with Crippen molar-refractivity contribution in [1.29, 1.82) is 0 Å². The van der Waals surface area contributed by atoms with Crippen LogP contribution in [0, 0.1) is 0 Å². The number of hydrogen-bond donors (Lipinski definition) is 1. The molecule has 1 N–H and O–H groups in total. The summed E-state index contributed by atoms with van der Waals surface area (Å²) in [4.78, 5) is 29.2. The van der Waals surface area contributed by atoms with Crippen molar-refractivity contribution < 1.29 is 22.7 Å². The summed E-state index contributed by atoms with van der Waals surface area (Å²) in [6.45, 7) is 2.13. The number of hydrogen-bond acceptors (Lipinski definition) is 5. The first-order valence-corrected chi connectivity index (χ1v) is 15.7. The van der Waals surface area contributed by atoms with Gasteiger partial charge in [-0.25, -0.2) is 8.42 Å². The summed E-state index contributed by atoms with van der Waals surface area (Å²) in [5.41, 5.74) is 1.97. The Hall–Kier alpha value is -3.37. The molecule has 10 heteroatoms. The fraction of sp³-hybridized carbons (Fsp3) is 0.333. The Balaban J connectivity index is 2.05. The Morgan fingerprint density at radius 2 is 1.65 bits per heavy atom. The number of carbonyl (C=O) groups excluding carboxylic acids is 2. The number of sulfonamides is 1.